The van der Waals surface area contributed by atoms with Crippen LogP contribution in [0.2, 0.25) is 5.02 Å². The minimum Gasteiger partial charge on any atom is -0.491 e. The highest BCUT2D eigenvalue weighted by Crippen LogP contribution is 2.34. The Bertz CT molecular complexity index is 858. The molecular weight excluding hydrogens is 448 g/mol. The van der Waals surface area contributed by atoms with Crippen molar-refractivity contribution in [2.45, 2.75) is 45.4 Å². The van der Waals surface area contributed by atoms with Gasteiger partial charge in [-0.3, -0.25) is 9.69 Å². The molecular formula is C24H33ClN2O4S. The number of halogens is 1. The third-order valence-electron chi connectivity index (χ3n) is 5.66. The Morgan fingerprint density at radius 2 is 2.06 bits per heavy atom. The maximum atomic E-state index is 13.4. The van der Waals surface area contributed by atoms with Gasteiger partial charge in [0.1, 0.15) is 12.4 Å². The summed E-state index contributed by atoms with van der Waals surface area (Å²) in [5.41, 5.74) is 1.16. The molecule has 0 saturated heterocycles. The zero-order chi connectivity index (χ0) is 23.1. The molecule has 2 heterocycles. The number of rotatable bonds is 11. The average molecular weight is 481 g/mol. The van der Waals surface area contributed by atoms with Crippen molar-refractivity contribution in [2.75, 3.05) is 39.5 Å². The topological polar surface area (TPSA) is 62.2 Å². The minimum atomic E-state index is -0.626. The highest BCUT2D eigenvalue weighted by atomic mass is 35.5. The molecule has 3 rings (SSSR count). The third kappa shape index (κ3) is 6.68. The van der Waals surface area contributed by atoms with Gasteiger partial charge in [0.25, 0.3) is 0 Å². The summed E-state index contributed by atoms with van der Waals surface area (Å²) in [4.78, 5) is 18.7. The number of benzene rings is 1. The van der Waals surface area contributed by atoms with Crippen LogP contribution in [-0.4, -0.2) is 72.4 Å². The predicted octanol–water partition coefficient (Wildman–Crippen LogP) is 4.01. The Morgan fingerprint density at radius 1 is 1.31 bits per heavy atom. The van der Waals surface area contributed by atoms with E-state index in [1.807, 2.05) is 42.7 Å². The van der Waals surface area contributed by atoms with Gasteiger partial charge < -0.3 is 19.5 Å². The van der Waals surface area contributed by atoms with Gasteiger partial charge in [-0.15, -0.1) is 11.3 Å². The van der Waals surface area contributed by atoms with E-state index in [0.717, 1.165) is 17.7 Å². The van der Waals surface area contributed by atoms with E-state index in [1.165, 1.54) is 4.88 Å². The van der Waals surface area contributed by atoms with Crippen LogP contribution in [0.15, 0.2) is 35.7 Å². The van der Waals surface area contributed by atoms with Crippen molar-refractivity contribution < 1.29 is 19.4 Å². The van der Waals surface area contributed by atoms with Crippen molar-refractivity contribution in [1.29, 1.82) is 0 Å². The molecule has 0 saturated carbocycles. The van der Waals surface area contributed by atoms with E-state index < -0.39 is 6.10 Å². The van der Waals surface area contributed by atoms with Gasteiger partial charge in [-0.25, -0.2) is 0 Å². The van der Waals surface area contributed by atoms with Crippen molar-refractivity contribution in [1.82, 2.24) is 9.80 Å². The second-order valence-electron chi connectivity index (χ2n) is 8.25. The molecule has 0 unspecified atom stereocenters. The van der Waals surface area contributed by atoms with E-state index in [9.17, 15) is 9.90 Å². The molecule has 1 amide bonds. The number of aliphatic hydroxyl groups is 1. The Hall–Kier alpha value is -1.64. The molecule has 1 N–H and O–H groups in total. The van der Waals surface area contributed by atoms with Crippen molar-refractivity contribution >= 4 is 28.8 Å². The first-order chi connectivity index (χ1) is 15.4. The Labute approximate surface area is 199 Å². The summed E-state index contributed by atoms with van der Waals surface area (Å²) in [6.45, 7) is 8.49. The molecule has 1 aliphatic rings. The molecule has 32 heavy (non-hydrogen) atoms. The van der Waals surface area contributed by atoms with Crippen molar-refractivity contribution in [3.63, 3.8) is 0 Å². The minimum absolute atomic E-state index is 0.0452. The molecule has 1 aromatic carbocycles. The normalized spacial score (nSPS) is 17.0. The summed E-state index contributed by atoms with van der Waals surface area (Å²) >= 11 is 7.71. The molecule has 6 nitrogen and oxygen atoms in total. The summed E-state index contributed by atoms with van der Waals surface area (Å²) in [6, 6.07) is 9.35. The number of aliphatic hydroxyl groups excluding tert-OH is 1. The SMILES string of the molecule is CCOC[C@@H](O)CN(CC(=O)N1CCc2sccc2[C@@H]1COc1ccc(Cl)cc1)C(C)C. The van der Waals surface area contributed by atoms with Crippen LogP contribution in [0, 0.1) is 0 Å². The van der Waals surface area contributed by atoms with Crippen LogP contribution in [-0.2, 0) is 16.0 Å². The maximum Gasteiger partial charge on any atom is 0.237 e. The number of nitrogens with zero attached hydrogens (tertiary/aromatic N) is 2. The summed E-state index contributed by atoms with van der Waals surface area (Å²) in [7, 11) is 0. The van der Waals surface area contributed by atoms with Gasteiger partial charge in [0, 0.05) is 35.6 Å². The molecule has 2 atom stereocenters. The van der Waals surface area contributed by atoms with E-state index in [2.05, 4.69) is 11.4 Å². The van der Waals surface area contributed by atoms with Crippen LogP contribution in [0.3, 0.4) is 0 Å². The lowest BCUT2D eigenvalue weighted by Gasteiger charge is -2.38. The maximum absolute atomic E-state index is 13.4. The van der Waals surface area contributed by atoms with E-state index in [4.69, 9.17) is 21.1 Å². The van der Waals surface area contributed by atoms with E-state index in [1.54, 1.807) is 23.5 Å². The predicted molar refractivity (Wildman–Crippen MR) is 129 cm³/mol. The molecule has 0 spiro atoms. The highest BCUT2D eigenvalue weighted by Gasteiger charge is 2.33. The van der Waals surface area contributed by atoms with Crippen molar-refractivity contribution in [3.8, 4) is 5.75 Å². The molecule has 0 fully saturated rings. The van der Waals surface area contributed by atoms with Gasteiger partial charge in [-0.1, -0.05) is 11.6 Å². The number of hydrogen-bond donors (Lipinski definition) is 1. The largest absolute Gasteiger partial charge is 0.491 e. The summed E-state index contributed by atoms with van der Waals surface area (Å²) < 4.78 is 11.4. The van der Waals surface area contributed by atoms with Crippen molar-refractivity contribution in [2.24, 2.45) is 0 Å². The van der Waals surface area contributed by atoms with E-state index in [0.29, 0.717) is 31.3 Å². The number of carbonyl (C=O) groups is 1. The van der Waals surface area contributed by atoms with E-state index in [-0.39, 0.29) is 31.1 Å². The molecule has 2 aromatic rings. The number of amides is 1. The Morgan fingerprint density at radius 3 is 2.75 bits per heavy atom. The number of carbonyl (C=O) groups excluding carboxylic acids is 1. The molecule has 1 aliphatic heterocycles. The second-order valence-corrected chi connectivity index (χ2v) is 9.69. The van der Waals surface area contributed by atoms with Gasteiger partial charge in [0.2, 0.25) is 5.91 Å². The van der Waals surface area contributed by atoms with Gasteiger partial charge in [0.15, 0.2) is 0 Å². The molecule has 0 radical (unpaired) electrons. The second kappa shape index (κ2) is 12.0. The first-order valence-electron chi connectivity index (χ1n) is 11.1. The first kappa shape index (κ1) is 25.0. The Kier molecular flexibility index (Phi) is 9.37. The lowest BCUT2D eigenvalue weighted by atomic mass is 10.00. The van der Waals surface area contributed by atoms with Gasteiger partial charge in [-0.2, -0.15) is 0 Å². The molecule has 0 aliphatic carbocycles. The number of fused-ring (bicyclic) bond motifs is 1. The van der Waals surface area contributed by atoms with Crippen LogP contribution in [0.4, 0.5) is 0 Å². The fraction of sp³-hybridized carbons (Fsp3) is 0.542. The lowest BCUT2D eigenvalue weighted by Crippen LogP contribution is -2.49. The van der Waals surface area contributed by atoms with Crippen LogP contribution in [0.25, 0.3) is 0 Å². The fourth-order valence-electron chi connectivity index (χ4n) is 3.88. The van der Waals surface area contributed by atoms with Crippen molar-refractivity contribution in [3.05, 3.63) is 51.2 Å². The first-order valence-corrected chi connectivity index (χ1v) is 12.4. The zero-order valence-electron chi connectivity index (χ0n) is 19.0. The van der Waals surface area contributed by atoms with Gasteiger partial charge >= 0.3 is 0 Å². The van der Waals surface area contributed by atoms with Crippen LogP contribution in [0.1, 0.15) is 37.3 Å². The monoisotopic (exact) mass is 480 g/mol. The lowest BCUT2D eigenvalue weighted by molar-refractivity contribution is -0.137. The molecule has 176 valence electrons. The number of ether oxygens (including phenoxy) is 2. The molecule has 1 aromatic heterocycles. The van der Waals surface area contributed by atoms with Crippen LogP contribution in [0.5, 0.6) is 5.75 Å². The standard InChI is InChI=1S/C24H33ClN2O4S/c1-4-30-15-19(28)13-26(17(2)3)14-24(29)27-11-9-23-21(10-12-32-23)22(27)16-31-20-7-5-18(25)6-8-20/h5-8,10,12,17,19,22,28H,4,9,11,13-16H2,1-3H3/t19-,22-/m0/s1. The molecule has 0 bridgehead atoms. The zero-order valence-corrected chi connectivity index (χ0v) is 20.6. The number of thiophene rings is 1. The smallest absolute Gasteiger partial charge is 0.237 e. The summed E-state index contributed by atoms with van der Waals surface area (Å²) in [6.07, 6.45) is 0.226. The number of hydrogen-bond acceptors (Lipinski definition) is 6. The summed E-state index contributed by atoms with van der Waals surface area (Å²) in [5, 5.41) is 13.0. The Balaban J connectivity index is 1.70. The van der Waals surface area contributed by atoms with Crippen LogP contribution >= 0.6 is 22.9 Å². The highest BCUT2D eigenvalue weighted by molar-refractivity contribution is 7.10. The van der Waals surface area contributed by atoms with E-state index >= 15 is 0 Å². The average Bonchev–Trinajstić information content (AvgIpc) is 3.25. The van der Waals surface area contributed by atoms with Gasteiger partial charge in [0.05, 0.1) is 25.3 Å². The van der Waals surface area contributed by atoms with Crippen LogP contribution < -0.4 is 4.74 Å². The fourth-order valence-corrected chi connectivity index (χ4v) is 4.93. The van der Waals surface area contributed by atoms with Gasteiger partial charge in [-0.05, 0) is 68.5 Å². The third-order valence-corrected chi connectivity index (χ3v) is 6.91. The summed E-state index contributed by atoms with van der Waals surface area (Å²) in [5.74, 6) is 0.774. The molecule has 8 heteroatoms. The quantitative estimate of drug-likeness (QED) is 0.526.